The van der Waals surface area contributed by atoms with Crippen LogP contribution in [0.2, 0.25) is 10.0 Å². The van der Waals surface area contributed by atoms with Gasteiger partial charge in [0, 0.05) is 17.8 Å². The predicted octanol–water partition coefficient (Wildman–Crippen LogP) is 4.03. The Balaban J connectivity index is 1.72. The molecule has 12 nitrogen and oxygen atoms in total. The lowest BCUT2D eigenvalue weighted by molar-refractivity contribution is -0.384. The fourth-order valence-electron chi connectivity index (χ4n) is 2.54. The zero-order valence-electron chi connectivity index (χ0n) is 15.9. The van der Waals surface area contributed by atoms with E-state index in [0.29, 0.717) is 16.3 Å². The van der Waals surface area contributed by atoms with Crippen molar-refractivity contribution in [2.24, 2.45) is 0 Å². The minimum atomic E-state index is -0.718. The van der Waals surface area contributed by atoms with E-state index in [9.17, 15) is 25.0 Å². The SMILES string of the molecule is O=C(Cc1ccc([N+](=O)[O-])cc1)NNc1ncnc(Nc2ccc(Cl)c(Cl)c2)c1[N+](=O)[O-]. The van der Waals surface area contributed by atoms with Crippen molar-refractivity contribution in [3.63, 3.8) is 0 Å². The average molecular weight is 478 g/mol. The van der Waals surface area contributed by atoms with Crippen molar-refractivity contribution in [1.29, 1.82) is 0 Å². The summed E-state index contributed by atoms with van der Waals surface area (Å²) in [6.45, 7) is 0. The van der Waals surface area contributed by atoms with Crippen molar-refractivity contribution in [2.75, 3.05) is 10.7 Å². The molecule has 0 aliphatic rings. The van der Waals surface area contributed by atoms with Crippen LogP contribution in [-0.2, 0) is 11.2 Å². The van der Waals surface area contributed by atoms with E-state index in [0.717, 1.165) is 6.33 Å². The summed E-state index contributed by atoms with van der Waals surface area (Å²) < 4.78 is 0. The summed E-state index contributed by atoms with van der Waals surface area (Å²) in [5, 5.41) is 25.6. The first-order valence-electron chi connectivity index (χ1n) is 8.74. The number of nitrogens with one attached hydrogen (secondary N) is 3. The second-order valence-electron chi connectivity index (χ2n) is 6.20. The predicted molar refractivity (Wildman–Crippen MR) is 117 cm³/mol. The van der Waals surface area contributed by atoms with Gasteiger partial charge in [0.2, 0.25) is 17.5 Å². The Kier molecular flexibility index (Phi) is 6.97. The van der Waals surface area contributed by atoms with E-state index in [1.54, 1.807) is 6.07 Å². The summed E-state index contributed by atoms with van der Waals surface area (Å²) in [5.74, 6) is -0.953. The monoisotopic (exact) mass is 477 g/mol. The summed E-state index contributed by atoms with van der Waals surface area (Å²) in [4.78, 5) is 40.9. The highest BCUT2D eigenvalue weighted by Gasteiger charge is 2.24. The van der Waals surface area contributed by atoms with Crippen molar-refractivity contribution >= 4 is 57.8 Å². The van der Waals surface area contributed by atoms with E-state index >= 15 is 0 Å². The fraction of sp³-hybridized carbons (Fsp3) is 0.0556. The molecule has 0 aliphatic carbocycles. The molecule has 0 unspecified atom stereocenters. The number of hydrogen-bond acceptors (Lipinski definition) is 9. The van der Waals surface area contributed by atoms with Crippen LogP contribution < -0.4 is 16.2 Å². The average Bonchev–Trinajstić information content (AvgIpc) is 2.75. The number of halogens is 2. The molecule has 164 valence electrons. The van der Waals surface area contributed by atoms with Gasteiger partial charge in [0.1, 0.15) is 6.33 Å². The number of hydrazine groups is 1. The maximum absolute atomic E-state index is 12.2. The number of amides is 1. The Hall–Kier alpha value is -4.03. The van der Waals surface area contributed by atoms with Gasteiger partial charge < -0.3 is 5.32 Å². The van der Waals surface area contributed by atoms with Gasteiger partial charge in [-0.15, -0.1) is 0 Å². The number of aromatic nitrogens is 2. The quantitative estimate of drug-likeness (QED) is 0.320. The molecule has 3 aromatic rings. The minimum Gasteiger partial charge on any atom is -0.334 e. The first-order chi connectivity index (χ1) is 15.2. The molecule has 0 aliphatic heterocycles. The molecule has 1 heterocycles. The van der Waals surface area contributed by atoms with E-state index in [2.05, 4.69) is 26.1 Å². The molecule has 1 aromatic heterocycles. The third-order valence-corrected chi connectivity index (χ3v) is 4.76. The Bertz CT molecular complexity index is 1190. The van der Waals surface area contributed by atoms with Crippen molar-refractivity contribution in [3.05, 3.63) is 84.6 Å². The topological polar surface area (TPSA) is 165 Å². The lowest BCUT2D eigenvalue weighted by Crippen LogP contribution is -2.31. The van der Waals surface area contributed by atoms with E-state index in [-0.39, 0.29) is 28.8 Å². The summed E-state index contributed by atoms with van der Waals surface area (Å²) in [6, 6.07) is 9.94. The lowest BCUT2D eigenvalue weighted by Gasteiger charge is -2.11. The van der Waals surface area contributed by atoms with Gasteiger partial charge in [0.25, 0.3) is 5.69 Å². The molecule has 0 saturated carbocycles. The summed E-state index contributed by atoms with van der Waals surface area (Å²) in [6.07, 6.45) is 0.940. The molecule has 0 bridgehead atoms. The maximum Gasteiger partial charge on any atom is 0.355 e. The number of anilines is 3. The maximum atomic E-state index is 12.2. The van der Waals surface area contributed by atoms with Crippen LogP contribution in [0.5, 0.6) is 0 Å². The van der Waals surface area contributed by atoms with Crippen molar-refractivity contribution in [1.82, 2.24) is 15.4 Å². The number of benzene rings is 2. The van der Waals surface area contributed by atoms with Crippen LogP contribution in [0.1, 0.15) is 5.56 Å². The number of carbonyl (C=O) groups is 1. The van der Waals surface area contributed by atoms with Crippen molar-refractivity contribution < 1.29 is 14.6 Å². The van der Waals surface area contributed by atoms with E-state index in [1.165, 1.54) is 36.4 Å². The molecule has 0 radical (unpaired) electrons. The number of nitro groups is 2. The molecule has 14 heteroatoms. The number of rotatable bonds is 8. The minimum absolute atomic E-state index is 0.106. The van der Waals surface area contributed by atoms with Crippen molar-refractivity contribution in [2.45, 2.75) is 6.42 Å². The Morgan fingerprint density at radius 3 is 2.25 bits per heavy atom. The lowest BCUT2D eigenvalue weighted by atomic mass is 10.1. The Morgan fingerprint density at radius 1 is 0.938 bits per heavy atom. The highest BCUT2D eigenvalue weighted by molar-refractivity contribution is 6.42. The highest BCUT2D eigenvalue weighted by atomic mass is 35.5. The first kappa shape index (κ1) is 22.7. The van der Waals surface area contributed by atoms with E-state index in [4.69, 9.17) is 23.2 Å². The zero-order chi connectivity index (χ0) is 23.3. The molecule has 1 amide bonds. The van der Waals surface area contributed by atoms with E-state index < -0.39 is 21.4 Å². The first-order valence-corrected chi connectivity index (χ1v) is 9.50. The van der Waals surface area contributed by atoms with Gasteiger partial charge in [0.15, 0.2) is 0 Å². The van der Waals surface area contributed by atoms with Gasteiger partial charge in [-0.2, -0.15) is 0 Å². The number of non-ortho nitro benzene ring substituents is 1. The summed E-state index contributed by atoms with van der Waals surface area (Å²) >= 11 is 11.8. The largest absolute Gasteiger partial charge is 0.355 e. The number of hydrogen-bond donors (Lipinski definition) is 3. The standard InChI is InChI=1S/C18H13Cl2N7O5/c19-13-6-3-11(8-14(13)20)23-17-16(27(31)32)18(22-9-21-17)25-24-15(28)7-10-1-4-12(5-2-10)26(29)30/h1-6,8-9H,7H2,(H,24,28)(H2,21,22,23,25). The number of nitro benzene ring substituents is 1. The summed E-state index contributed by atoms with van der Waals surface area (Å²) in [5.41, 5.74) is 4.99. The van der Waals surface area contributed by atoms with E-state index in [1.807, 2.05) is 0 Å². The van der Waals surface area contributed by atoms with Crippen molar-refractivity contribution in [3.8, 4) is 0 Å². The van der Waals surface area contributed by atoms with Gasteiger partial charge in [-0.05, 0) is 23.8 Å². The Labute approximate surface area is 189 Å². The molecule has 0 spiro atoms. The molecule has 3 rings (SSSR count). The molecule has 2 aromatic carbocycles. The van der Waals surface area contributed by atoms with Gasteiger partial charge >= 0.3 is 5.69 Å². The van der Waals surface area contributed by atoms with Gasteiger partial charge in [-0.25, -0.2) is 9.97 Å². The molecule has 3 N–H and O–H groups in total. The van der Waals surface area contributed by atoms with Gasteiger partial charge in [-0.1, -0.05) is 35.3 Å². The normalized spacial score (nSPS) is 10.3. The van der Waals surface area contributed by atoms with Crippen LogP contribution in [0.4, 0.5) is 28.7 Å². The Morgan fingerprint density at radius 2 is 1.62 bits per heavy atom. The van der Waals surface area contributed by atoms with Gasteiger partial charge in [0.05, 0.1) is 26.3 Å². The molecule has 0 saturated heterocycles. The second kappa shape index (κ2) is 9.85. The number of nitrogens with zero attached hydrogens (tertiary/aromatic N) is 4. The highest BCUT2D eigenvalue weighted by Crippen LogP contribution is 2.32. The molecular formula is C18H13Cl2N7O5. The van der Waals surface area contributed by atoms with Crippen LogP contribution in [0, 0.1) is 20.2 Å². The number of carbonyl (C=O) groups excluding carboxylic acids is 1. The summed E-state index contributed by atoms with van der Waals surface area (Å²) in [7, 11) is 0. The second-order valence-corrected chi connectivity index (χ2v) is 7.02. The van der Waals surface area contributed by atoms with Crippen LogP contribution in [-0.4, -0.2) is 25.7 Å². The van der Waals surface area contributed by atoms with Gasteiger partial charge in [-0.3, -0.25) is 35.9 Å². The third-order valence-electron chi connectivity index (χ3n) is 4.02. The molecule has 32 heavy (non-hydrogen) atoms. The van der Waals surface area contributed by atoms with Crippen LogP contribution in [0.3, 0.4) is 0 Å². The zero-order valence-corrected chi connectivity index (χ0v) is 17.4. The molecule has 0 fully saturated rings. The van der Waals surface area contributed by atoms with Crippen LogP contribution >= 0.6 is 23.2 Å². The van der Waals surface area contributed by atoms with Crippen LogP contribution in [0.15, 0.2) is 48.8 Å². The third kappa shape index (κ3) is 5.56. The molecule has 0 atom stereocenters. The smallest absolute Gasteiger partial charge is 0.334 e. The molecular weight excluding hydrogens is 465 g/mol. The van der Waals surface area contributed by atoms with Crippen LogP contribution in [0.25, 0.3) is 0 Å². The fourth-order valence-corrected chi connectivity index (χ4v) is 2.84.